The van der Waals surface area contributed by atoms with Crippen molar-refractivity contribution in [3.8, 4) is 90.9 Å². The van der Waals surface area contributed by atoms with Crippen molar-refractivity contribution in [2.75, 3.05) is 129 Å². The Kier molecular flexibility index (Phi) is 39.8. The highest BCUT2D eigenvalue weighted by atomic mass is 79.9. The summed E-state index contributed by atoms with van der Waals surface area (Å²) in [5, 5.41) is 38.0. The molecule has 131 heavy (non-hydrogen) atoms. The van der Waals surface area contributed by atoms with Crippen LogP contribution in [0.5, 0.6) is 46.0 Å². The number of para-hydroxylation sites is 4. The smallest absolute Gasteiger partial charge is 0.347 e. The third-order valence-corrected chi connectivity index (χ3v) is 18.0. The number of halogens is 5. The molecule has 2 aliphatic carbocycles. The maximum Gasteiger partial charge on any atom is 0.347 e. The molecular formula is C89H90BrF4N3O34. The topological polar surface area (TPSA) is 477 Å². The predicted octanol–water partition coefficient (Wildman–Crippen LogP) is 11.4. The molecular weight excluding hydrogens is 1810 g/mol. The molecule has 6 aromatic rings. The Morgan fingerprint density at radius 2 is 0.794 bits per heavy atom. The molecule has 0 radical (unpaired) electrons. The fourth-order valence-corrected chi connectivity index (χ4v) is 12.6. The van der Waals surface area contributed by atoms with Crippen molar-refractivity contribution < 1.29 is 171 Å². The van der Waals surface area contributed by atoms with E-state index in [2.05, 4.69) is 74.4 Å². The van der Waals surface area contributed by atoms with Gasteiger partial charge in [0.25, 0.3) is 0 Å². The zero-order valence-corrected chi connectivity index (χ0v) is 73.5. The summed E-state index contributed by atoms with van der Waals surface area (Å²) in [6.45, 7) is 8.05. The molecule has 700 valence electrons. The number of rotatable bonds is 41. The number of anilines is 2. The molecule has 2 aliphatic heterocycles. The number of fused-ring (bicyclic) bond motifs is 4. The second kappa shape index (κ2) is 50.5. The number of carboxylic acid groups (broad SMARTS) is 3. The molecule has 37 nitrogen and oxygen atoms in total. The van der Waals surface area contributed by atoms with Gasteiger partial charge in [0.05, 0.1) is 25.6 Å². The summed E-state index contributed by atoms with van der Waals surface area (Å²) in [4.78, 5) is 157. The van der Waals surface area contributed by atoms with Gasteiger partial charge in [0.2, 0.25) is 24.4 Å². The Morgan fingerprint density at radius 1 is 0.405 bits per heavy atom. The summed E-state index contributed by atoms with van der Waals surface area (Å²) in [5.41, 5.74) is -1.11. The second-order valence-electron chi connectivity index (χ2n) is 27.6. The van der Waals surface area contributed by atoms with Crippen LogP contribution in [0.4, 0.5) is 28.9 Å². The largest absolute Gasteiger partial charge is 0.505 e. The molecule has 4 N–H and O–H groups in total. The number of carbonyl (C=O) groups excluding carboxylic acids is 8. The van der Waals surface area contributed by atoms with Gasteiger partial charge in [-0.3, -0.25) is 48.1 Å². The molecule has 10 rings (SSSR count). The number of aromatic hydroxyl groups is 1. The summed E-state index contributed by atoms with van der Waals surface area (Å²) in [7, 11) is 2.18. The quantitative estimate of drug-likeness (QED) is 0.00526. The van der Waals surface area contributed by atoms with E-state index in [-0.39, 0.29) is 145 Å². The molecule has 6 aromatic carbocycles. The first-order valence-corrected chi connectivity index (χ1v) is 40.3. The minimum Gasteiger partial charge on any atom is -0.505 e. The van der Waals surface area contributed by atoms with Crippen molar-refractivity contribution in [3.63, 3.8) is 0 Å². The number of hydrogen-bond donors (Lipinski definition) is 4. The lowest BCUT2D eigenvalue weighted by Crippen LogP contribution is -2.37. The van der Waals surface area contributed by atoms with Crippen LogP contribution in [0.1, 0.15) is 55.4 Å². The number of methoxy groups -OCH3 is 2. The lowest BCUT2D eigenvalue weighted by atomic mass is 9.93. The number of esters is 8. The molecule has 0 saturated heterocycles. The fourth-order valence-electron chi connectivity index (χ4n) is 12.3. The lowest BCUT2D eigenvalue weighted by Gasteiger charge is -2.28. The van der Waals surface area contributed by atoms with Gasteiger partial charge in [0.1, 0.15) is 92.3 Å². The van der Waals surface area contributed by atoms with E-state index in [9.17, 15) is 86.4 Å². The highest BCUT2D eigenvalue weighted by molar-refractivity contribution is 9.09. The third-order valence-electron chi connectivity index (χ3n) is 17.8. The van der Waals surface area contributed by atoms with E-state index < -0.39 is 172 Å². The number of benzene rings is 8. The van der Waals surface area contributed by atoms with E-state index in [0.717, 1.165) is 92.9 Å². The van der Waals surface area contributed by atoms with Crippen molar-refractivity contribution in [2.24, 2.45) is 0 Å². The van der Waals surface area contributed by atoms with Gasteiger partial charge in [0, 0.05) is 90.1 Å². The number of carboxylic acids is 3. The Balaban J connectivity index is 0.000000321. The summed E-state index contributed by atoms with van der Waals surface area (Å²) < 4.78 is 149. The highest BCUT2D eigenvalue weighted by Gasteiger charge is 2.30. The Labute approximate surface area is 751 Å². The first-order chi connectivity index (χ1) is 62.3. The van der Waals surface area contributed by atoms with Gasteiger partial charge < -0.3 is 110 Å². The Hall–Kier alpha value is -15.0. The molecule has 0 spiro atoms. The summed E-state index contributed by atoms with van der Waals surface area (Å²) in [6, 6.07) is 29.9. The molecule has 2 heterocycles. The molecule has 4 aliphatic rings. The van der Waals surface area contributed by atoms with E-state index in [1.165, 1.54) is 67.6 Å². The number of carbonyl (C=O) groups is 11. The molecule has 0 bridgehead atoms. The molecule has 0 aromatic heterocycles. The number of aliphatic carboxylic acids is 3. The van der Waals surface area contributed by atoms with Gasteiger partial charge in [-0.2, -0.15) is 0 Å². The van der Waals surface area contributed by atoms with Crippen LogP contribution in [0.25, 0.3) is 66.8 Å². The third kappa shape index (κ3) is 31.5. The first-order valence-electron chi connectivity index (χ1n) is 39.2. The van der Waals surface area contributed by atoms with E-state index in [1.54, 1.807) is 24.3 Å². The Morgan fingerprint density at radius 3 is 1.20 bits per heavy atom. The maximum atomic E-state index is 15.7. The molecule has 0 amide bonds. The number of phenolic OH excluding ortho intramolecular Hbond substituents is 1. The van der Waals surface area contributed by atoms with Crippen molar-refractivity contribution in [3.05, 3.63) is 177 Å². The minimum atomic E-state index is -1.34. The second-order valence-corrected chi connectivity index (χ2v) is 28.1. The van der Waals surface area contributed by atoms with Crippen LogP contribution < -0.4 is 53.8 Å². The maximum absolute atomic E-state index is 15.7. The normalized spacial score (nSPS) is 10.7. The molecule has 0 atom stereocenters. The number of ether oxygens (including phenoxy) is 15. The predicted molar refractivity (Wildman–Crippen MR) is 458 cm³/mol. The Bertz CT molecular complexity index is 5760. The van der Waals surface area contributed by atoms with Crippen LogP contribution >= 0.6 is 15.9 Å². The van der Waals surface area contributed by atoms with Crippen LogP contribution in [-0.2, 0) is 90.6 Å². The average Bonchev–Trinajstić information content (AvgIpc) is 0.747. The van der Waals surface area contributed by atoms with Crippen LogP contribution in [0.3, 0.4) is 0 Å². The van der Waals surface area contributed by atoms with Crippen molar-refractivity contribution in [1.29, 1.82) is 0 Å². The SMILES string of the molecule is CC(=O)OCBr.CCN(C(C)C)C(C)C.COC(=O)COC(=O)CN(CC(=O)OCOC(C)=O)c1ccc(-c2c3cc(F)c(=O)cc-3oc3cc(OCC(=O)OC)c(F)cc23)cc1OCCOc1ccccc1OCC(=O)OCOC(C)=O.O=C(O)COc1ccccc1OCCOc1cc(-c2c3cc(F)c(=O)cc-3oc3cc(O)c(F)cc23)ccc1N(CC(=O)O)CC(=O)O. The van der Waals surface area contributed by atoms with Gasteiger partial charge in [-0.15, -0.1) is 0 Å². The molecule has 0 unspecified atom stereocenters. The van der Waals surface area contributed by atoms with Gasteiger partial charge in [-0.25, -0.2) is 36.7 Å². The van der Waals surface area contributed by atoms with Crippen LogP contribution in [0.2, 0.25) is 0 Å². The van der Waals surface area contributed by atoms with Gasteiger partial charge in [0.15, 0.2) is 84.2 Å². The minimum absolute atomic E-state index is 0.00358. The lowest BCUT2D eigenvalue weighted by molar-refractivity contribution is -0.168. The molecule has 0 fully saturated rings. The molecule has 42 heteroatoms. The number of phenols is 1. The molecule has 0 saturated carbocycles. The van der Waals surface area contributed by atoms with E-state index in [0.29, 0.717) is 17.6 Å². The van der Waals surface area contributed by atoms with Crippen LogP contribution in [0, 0.1) is 23.3 Å². The van der Waals surface area contributed by atoms with Crippen molar-refractivity contribution >= 4 is 115 Å². The van der Waals surface area contributed by atoms with E-state index in [4.69, 9.17) is 66.0 Å². The van der Waals surface area contributed by atoms with Crippen LogP contribution in [-0.4, -0.2) is 222 Å². The zero-order valence-electron chi connectivity index (χ0n) is 71.9. The van der Waals surface area contributed by atoms with Crippen molar-refractivity contribution in [2.45, 2.75) is 67.5 Å². The number of hydrogen-bond acceptors (Lipinski definition) is 34. The van der Waals surface area contributed by atoms with Gasteiger partial charge >= 0.3 is 65.7 Å². The average molecular weight is 1900 g/mol. The zero-order chi connectivity index (χ0) is 96.3. The van der Waals surface area contributed by atoms with E-state index in [1.807, 2.05) is 0 Å². The summed E-state index contributed by atoms with van der Waals surface area (Å²) >= 11 is 2.91. The first kappa shape index (κ1) is 103. The highest BCUT2D eigenvalue weighted by Crippen LogP contribution is 2.47. The number of alkyl halides is 1. The summed E-state index contributed by atoms with van der Waals surface area (Å²) in [6.07, 6.45) is 0. The van der Waals surface area contributed by atoms with Gasteiger partial charge in [-0.05, 0) is 134 Å². The standard InChI is InChI=1S/C45H41F2NO20.C33H25F2NO12.C8H19N.C3H5BrO2/c1-25(49)64-23-66-41(53)19-48(18-40(52)63-21-43(55)58-4)32-10-9-27(13-39(32)60-12-11-59-34-7-5-6-8-35(34)61-22-44(56)67-24-65-26(2)50)45-28-14-30(46)33(51)16-36(28)68-37-17-38(31(47)15-29(37)45)62-20-42(54)57-3;34-20-10-18-27(12-23(20)37)48-28-13-24(38)21(35)11-19(28)33(18)17-5-6-22(36(14-30(39)40)15-31(41)42)29(9-17)46-8-7-45-25-3-1-2-4-26(25)47-16-32(43)44;1-6-9(7(2)3)8(4)5;1-3(5)6-2-4/h5-10,13-17H,11-12,18-24H2,1-4H3;1-6,9-13,37H,7-8,14-16H2,(H,39,40)(H,41,42)(H,43,44);7-8H,6H2,1-5H3;2H2,1H3. The van der Waals surface area contributed by atoms with E-state index >= 15 is 8.78 Å². The van der Waals surface area contributed by atoms with Crippen molar-refractivity contribution in [1.82, 2.24) is 4.90 Å². The summed E-state index contributed by atoms with van der Waals surface area (Å²) in [5.74, 6) is -15.4. The van der Waals surface area contributed by atoms with Crippen LogP contribution in [0.15, 0.2) is 152 Å². The number of nitrogens with zero attached hydrogens (tertiary/aromatic N) is 3. The fraction of sp³-hybridized carbons (Fsp3) is 0.315. The van der Waals surface area contributed by atoms with Gasteiger partial charge in [-0.1, -0.05) is 43.3 Å². The monoisotopic (exact) mass is 1900 g/mol.